The van der Waals surface area contributed by atoms with Crippen molar-refractivity contribution < 1.29 is 14.2 Å². The zero-order valence-corrected chi connectivity index (χ0v) is 19.6. The van der Waals surface area contributed by atoms with Crippen LogP contribution in [0, 0.1) is 0 Å². The molecule has 2 fully saturated rings. The van der Waals surface area contributed by atoms with Crippen molar-refractivity contribution in [2.24, 2.45) is 4.99 Å². The first kappa shape index (κ1) is 24.9. The van der Waals surface area contributed by atoms with Crippen LogP contribution in [-0.2, 0) is 14.2 Å². The van der Waals surface area contributed by atoms with E-state index < -0.39 is 0 Å². The van der Waals surface area contributed by atoms with E-state index in [0.29, 0.717) is 6.10 Å². The molecule has 1 aliphatic carbocycles. The third kappa shape index (κ3) is 9.76. The van der Waals surface area contributed by atoms with E-state index in [1.807, 2.05) is 7.05 Å². The number of rotatable bonds is 11. The Morgan fingerprint density at radius 3 is 2.63 bits per heavy atom. The molecular weight excluding hydrogens is 457 g/mol. The van der Waals surface area contributed by atoms with Gasteiger partial charge in [0.15, 0.2) is 5.96 Å². The molecule has 0 aromatic carbocycles. The fraction of sp³-hybridized carbons (Fsp3) is 0.950. The van der Waals surface area contributed by atoms with E-state index in [0.717, 1.165) is 77.6 Å². The van der Waals surface area contributed by atoms with Crippen molar-refractivity contribution >= 4 is 29.9 Å². The van der Waals surface area contributed by atoms with Crippen LogP contribution in [0.25, 0.3) is 0 Å². The van der Waals surface area contributed by atoms with Crippen molar-refractivity contribution in [2.75, 3.05) is 46.6 Å². The third-order valence-electron chi connectivity index (χ3n) is 5.26. The number of nitrogens with zero attached hydrogens (tertiary/aromatic N) is 1. The monoisotopic (exact) mass is 497 g/mol. The molecule has 0 bridgehead atoms. The molecule has 1 atom stereocenters. The zero-order valence-electron chi connectivity index (χ0n) is 17.3. The smallest absolute Gasteiger partial charge is 0.191 e. The fourth-order valence-corrected chi connectivity index (χ4v) is 3.72. The average Bonchev–Trinajstić information content (AvgIpc) is 3.19. The minimum absolute atomic E-state index is 0. The van der Waals surface area contributed by atoms with Gasteiger partial charge in [-0.2, -0.15) is 0 Å². The van der Waals surface area contributed by atoms with Crippen LogP contribution in [0.4, 0.5) is 0 Å². The van der Waals surface area contributed by atoms with Crippen molar-refractivity contribution in [1.82, 2.24) is 10.6 Å². The maximum Gasteiger partial charge on any atom is 0.191 e. The second-order valence-corrected chi connectivity index (χ2v) is 7.51. The number of hydrogen-bond acceptors (Lipinski definition) is 4. The van der Waals surface area contributed by atoms with Crippen molar-refractivity contribution in [3.8, 4) is 0 Å². The van der Waals surface area contributed by atoms with E-state index in [9.17, 15) is 0 Å². The Bertz CT molecular complexity index is 398. The second kappa shape index (κ2) is 14.8. The average molecular weight is 497 g/mol. The van der Waals surface area contributed by atoms with E-state index in [1.165, 1.54) is 25.7 Å². The van der Waals surface area contributed by atoms with E-state index in [4.69, 9.17) is 14.2 Å². The number of aliphatic imine (C=N–C) groups is 1. The molecule has 0 spiro atoms. The Balaban J connectivity index is 0.00000364. The van der Waals surface area contributed by atoms with Gasteiger partial charge in [0.05, 0.1) is 18.3 Å². The number of nitrogens with one attached hydrogen (secondary N) is 2. The summed E-state index contributed by atoms with van der Waals surface area (Å²) < 4.78 is 17.5. The van der Waals surface area contributed by atoms with Crippen LogP contribution in [0.5, 0.6) is 0 Å². The summed E-state index contributed by atoms with van der Waals surface area (Å²) in [6.45, 7) is 7.08. The number of hydrogen-bond donors (Lipinski definition) is 2. The molecule has 7 heteroatoms. The molecule has 1 saturated carbocycles. The van der Waals surface area contributed by atoms with E-state index in [2.05, 4.69) is 22.5 Å². The molecule has 1 heterocycles. The van der Waals surface area contributed by atoms with Gasteiger partial charge in [0.2, 0.25) is 0 Å². The van der Waals surface area contributed by atoms with Gasteiger partial charge in [0.1, 0.15) is 0 Å². The highest BCUT2D eigenvalue weighted by Crippen LogP contribution is 2.31. The molecule has 0 aromatic heterocycles. The first-order valence-electron chi connectivity index (χ1n) is 10.6. The minimum atomic E-state index is -0.0176. The summed E-state index contributed by atoms with van der Waals surface area (Å²) in [5.74, 6) is 0.856. The van der Waals surface area contributed by atoms with Gasteiger partial charge in [-0.25, -0.2) is 0 Å². The van der Waals surface area contributed by atoms with E-state index >= 15 is 0 Å². The first-order valence-corrected chi connectivity index (χ1v) is 10.6. The Hall–Kier alpha value is -0.120. The SMILES string of the molecule is CCCOC1(CNC(=NC)NCCCOCC2CCCO2)CCCCC1.I. The summed E-state index contributed by atoms with van der Waals surface area (Å²) in [7, 11) is 1.82. The van der Waals surface area contributed by atoms with Crippen LogP contribution < -0.4 is 10.6 Å². The molecule has 1 aliphatic heterocycles. The Kier molecular flexibility index (Phi) is 13.7. The minimum Gasteiger partial charge on any atom is -0.379 e. The highest BCUT2D eigenvalue weighted by Gasteiger charge is 2.32. The van der Waals surface area contributed by atoms with Gasteiger partial charge in [-0.05, 0) is 38.5 Å². The normalized spacial score (nSPS) is 22.3. The molecule has 2 N–H and O–H groups in total. The Morgan fingerprint density at radius 2 is 1.96 bits per heavy atom. The highest BCUT2D eigenvalue weighted by molar-refractivity contribution is 14.0. The summed E-state index contributed by atoms with van der Waals surface area (Å²) in [4.78, 5) is 4.34. The summed E-state index contributed by atoms with van der Waals surface area (Å²) in [5.41, 5.74) is -0.0176. The number of halogens is 1. The summed E-state index contributed by atoms with van der Waals surface area (Å²) in [6.07, 6.45) is 10.8. The van der Waals surface area contributed by atoms with Crippen LogP contribution in [0.15, 0.2) is 4.99 Å². The molecule has 0 amide bonds. The fourth-order valence-electron chi connectivity index (χ4n) is 3.72. The first-order chi connectivity index (χ1) is 12.8. The van der Waals surface area contributed by atoms with E-state index in [-0.39, 0.29) is 29.6 Å². The van der Waals surface area contributed by atoms with Gasteiger partial charge in [0, 0.05) is 40.0 Å². The Labute approximate surface area is 182 Å². The molecule has 0 radical (unpaired) electrons. The van der Waals surface area contributed by atoms with E-state index in [1.54, 1.807) is 0 Å². The van der Waals surface area contributed by atoms with Crippen molar-refractivity contribution in [1.29, 1.82) is 0 Å². The van der Waals surface area contributed by atoms with Crippen LogP contribution in [0.1, 0.15) is 64.7 Å². The predicted octanol–water partition coefficient (Wildman–Crippen LogP) is 3.48. The molecule has 160 valence electrons. The molecule has 0 aromatic rings. The van der Waals surface area contributed by atoms with Crippen molar-refractivity contribution in [3.05, 3.63) is 0 Å². The van der Waals surface area contributed by atoms with Gasteiger partial charge >= 0.3 is 0 Å². The predicted molar refractivity (Wildman–Crippen MR) is 121 cm³/mol. The van der Waals surface area contributed by atoms with Crippen molar-refractivity contribution in [3.63, 3.8) is 0 Å². The van der Waals surface area contributed by atoms with Crippen LogP contribution in [0.3, 0.4) is 0 Å². The lowest BCUT2D eigenvalue weighted by Crippen LogP contribution is -2.49. The summed E-state index contributed by atoms with van der Waals surface area (Å²) in [5, 5.41) is 6.86. The molecule has 1 saturated heterocycles. The topological polar surface area (TPSA) is 64.1 Å². The van der Waals surface area contributed by atoms with Gasteiger partial charge < -0.3 is 24.8 Å². The van der Waals surface area contributed by atoms with Gasteiger partial charge in [0.25, 0.3) is 0 Å². The molecule has 1 unspecified atom stereocenters. The highest BCUT2D eigenvalue weighted by atomic mass is 127. The second-order valence-electron chi connectivity index (χ2n) is 7.51. The standard InChI is InChI=1S/C20H39N3O3.HI/c1-3-13-26-20(10-5-4-6-11-20)17-23-19(21-2)22-12-8-14-24-16-18-9-7-15-25-18;/h18H,3-17H2,1-2H3,(H2,21,22,23);1H. The number of guanidine groups is 1. The zero-order chi connectivity index (χ0) is 18.5. The molecular formula is C20H40IN3O3. The third-order valence-corrected chi connectivity index (χ3v) is 5.26. The molecule has 2 aliphatic rings. The Morgan fingerprint density at radius 1 is 1.15 bits per heavy atom. The number of ether oxygens (including phenoxy) is 3. The lowest BCUT2D eigenvalue weighted by atomic mass is 9.84. The lowest BCUT2D eigenvalue weighted by Gasteiger charge is -2.37. The van der Waals surface area contributed by atoms with Crippen LogP contribution in [0.2, 0.25) is 0 Å². The summed E-state index contributed by atoms with van der Waals surface area (Å²) in [6, 6.07) is 0. The molecule has 2 rings (SSSR count). The summed E-state index contributed by atoms with van der Waals surface area (Å²) >= 11 is 0. The van der Waals surface area contributed by atoms with Gasteiger partial charge in [-0.1, -0.05) is 26.2 Å². The maximum absolute atomic E-state index is 6.24. The maximum atomic E-state index is 6.24. The van der Waals surface area contributed by atoms with Crippen LogP contribution >= 0.6 is 24.0 Å². The lowest BCUT2D eigenvalue weighted by molar-refractivity contribution is -0.0657. The van der Waals surface area contributed by atoms with Gasteiger partial charge in [-0.15, -0.1) is 24.0 Å². The molecule has 6 nitrogen and oxygen atoms in total. The van der Waals surface area contributed by atoms with Crippen molar-refractivity contribution in [2.45, 2.75) is 76.4 Å². The molecule has 27 heavy (non-hydrogen) atoms. The van der Waals surface area contributed by atoms with Gasteiger partial charge in [-0.3, -0.25) is 4.99 Å². The quantitative estimate of drug-likeness (QED) is 0.198. The largest absolute Gasteiger partial charge is 0.379 e. The van der Waals surface area contributed by atoms with Crippen LogP contribution in [-0.4, -0.2) is 64.2 Å².